The summed E-state index contributed by atoms with van der Waals surface area (Å²) in [6.45, 7) is 0. The quantitative estimate of drug-likeness (QED) is 0.558. The van der Waals surface area contributed by atoms with E-state index in [0.29, 0.717) is 0 Å². The molecule has 2 amide bonds. The van der Waals surface area contributed by atoms with Gasteiger partial charge in [0.15, 0.2) is 0 Å². The molecule has 0 aliphatic heterocycles. The van der Waals surface area contributed by atoms with Gasteiger partial charge >= 0.3 is 11.8 Å². The van der Waals surface area contributed by atoms with E-state index in [1.165, 1.54) is 7.05 Å². The molecule has 4 nitrogen and oxygen atoms in total. The number of hydrogen-bond donors (Lipinski definition) is 2. The van der Waals surface area contributed by atoms with Crippen LogP contribution in [0.3, 0.4) is 0 Å². The molecule has 1 fully saturated rings. The molecule has 0 atom stereocenters. The third kappa shape index (κ3) is 2.37. The number of likely N-dealkylation sites (N-methyl/N-ethyl adjacent to an activating group) is 1. The zero-order chi connectivity index (χ0) is 10.1. The summed E-state index contributed by atoms with van der Waals surface area (Å²) in [5, 5.41) is 4.29. The van der Waals surface area contributed by atoms with E-state index in [1.54, 1.807) is 0 Å². The zero-order valence-corrected chi connectivity index (χ0v) is 7.06. The first-order chi connectivity index (χ1) is 5.94. The van der Waals surface area contributed by atoms with E-state index < -0.39 is 23.8 Å². The third-order valence-electron chi connectivity index (χ3n) is 1.86. The molecule has 0 bridgehead atoms. The molecule has 0 heterocycles. The lowest BCUT2D eigenvalue weighted by Crippen LogP contribution is -2.53. The zero-order valence-electron chi connectivity index (χ0n) is 7.06. The summed E-state index contributed by atoms with van der Waals surface area (Å²) in [4.78, 5) is 21.5. The van der Waals surface area contributed by atoms with Crippen LogP contribution in [-0.4, -0.2) is 30.8 Å². The molecule has 0 unspecified atom stereocenters. The van der Waals surface area contributed by atoms with E-state index in [0.717, 1.165) is 0 Å². The number of alkyl halides is 2. The fourth-order valence-corrected chi connectivity index (χ4v) is 1.13. The summed E-state index contributed by atoms with van der Waals surface area (Å²) in [6.07, 6.45) is -0.758. The Labute approximate surface area is 73.7 Å². The van der Waals surface area contributed by atoms with Crippen molar-refractivity contribution in [1.82, 2.24) is 10.6 Å². The fraction of sp³-hybridized carbons (Fsp3) is 0.714. The molecule has 1 aliphatic rings. The van der Waals surface area contributed by atoms with Crippen LogP contribution < -0.4 is 10.6 Å². The smallest absolute Gasteiger partial charge is 0.309 e. The molecule has 1 aliphatic carbocycles. The second-order valence-corrected chi connectivity index (χ2v) is 3.01. The Balaban J connectivity index is 2.28. The van der Waals surface area contributed by atoms with Crippen LogP contribution in [0.25, 0.3) is 0 Å². The molecular weight excluding hydrogens is 182 g/mol. The number of carbonyl (C=O) groups excluding carboxylic acids is 2. The molecule has 2 N–H and O–H groups in total. The van der Waals surface area contributed by atoms with E-state index >= 15 is 0 Å². The molecule has 74 valence electrons. The monoisotopic (exact) mass is 192 g/mol. The number of rotatable bonds is 1. The molecule has 0 spiro atoms. The van der Waals surface area contributed by atoms with Crippen molar-refractivity contribution in [2.45, 2.75) is 24.8 Å². The van der Waals surface area contributed by atoms with Crippen molar-refractivity contribution in [3.63, 3.8) is 0 Å². The summed E-state index contributed by atoms with van der Waals surface area (Å²) in [7, 11) is 1.30. The average Bonchev–Trinajstić information content (AvgIpc) is 1.99. The van der Waals surface area contributed by atoms with E-state index in [9.17, 15) is 18.4 Å². The molecule has 6 heteroatoms. The van der Waals surface area contributed by atoms with E-state index in [2.05, 4.69) is 10.6 Å². The maximum absolute atomic E-state index is 12.3. The Morgan fingerprint density at radius 3 is 2.23 bits per heavy atom. The second-order valence-electron chi connectivity index (χ2n) is 3.01. The Morgan fingerprint density at radius 1 is 1.31 bits per heavy atom. The van der Waals surface area contributed by atoms with Crippen molar-refractivity contribution in [2.24, 2.45) is 0 Å². The van der Waals surface area contributed by atoms with Crippen LogP contribution >= 0.6 is 0 Å². The van der Waals surface area contributed by atoms with Gasteiger partial charge in [-0.1, -0.05) is 0 Å². The molecular formula is C7H10F2N2O2. The van der Waals surface area contributed by atoms with Crippen LogP contribution in [0.2, 0.25) is 0 Å². The lowest BCUT2D eigenvalue weighted by Gasteiger charge is -2.34. The van der Waals surface area contributed by atoms with E-state index in [1.807, 2.05) is 0 Å². The second kappa shape index (κ2) is 3.27. The van der Waals surface area contributed by atoms with Crippen LogP contribution in [0.1, 0.15) is 12.8 Å². The van der Waals surface area contributed by atoms with Gasteiger partial charge in [-0.3, -0.25) is 9.59 Å². The summed E-state index contributed by atoms with van der Waals surface area (Å²) >= 11 is 0. The van der Waals surface area contributed by atoms with Gasteiger partial charge in [0.2, 0.25) is 0 Å². The highest BCUT2D eigenvalue weighted by Crippen LogP contribution is 2.37. The normalized spacial score (nSPS) is 20.2. The van der Waals surface area contributed by atoms with E-state index in [4.69, 9.17) is 0 Å². The molecule has 0 radical (unpaired) electrons. The number of amides is 2. The molecule has 1 saturated carbocycles. The van der Waals surface area contributed by atoms with Gasteiger partial charge in [-0.05, 0) is 0 Å². The minimum Gasteiger partial charge on any atom is -0.351 e. The maximum Gasteiger partial charge on any atom is 0.309 e. The lowest BCUT2D eigenvalue weighted by atomic mass is 9.88. The number of nitrogens with one attached hydrogen (secondary N) is 2. The van der Waals surface area contributed by atoms with Gasteiger partial charge in [0, 0.05) is 25.9 Å². The van der Waals surface area contributed by atoms with Gasteiger partial charge in [-0.2, -0.15) is 0 Å². The number of carbonyl (C=O) groups is 2. The minimum absolute atomic E-state index is 0.379. The maximum atomic E-state index is 12.3. The Hall–Kier alpha value is -1.20. The Bertz CT molecular complexity index is 235. The first-order valence-electron chi connectivity index (χ1n) is 3.85. The molecule has 0 saturated heterocycles. The van der Waals surface area contributed by atoms with Crippen LogP contribution in [0, 0.1) is 0 Å². The van der Waals surface area contributed by atoms with Gasteiger partial charge in [-0.25, -0.2) is 8.78 Å². The molecule has 13 heavy (non-hydrogen) atoms. The molecule has 0 aromatic heterocycles. The van der Waals surface area contributed by atoms with Crippen molar-refractivity contribution in [1.29, 1.82) is 0 Å². The predicted octanol–water partition coefficient (Wildman–Crippen LogP) is -0.354. The standard InChI is InChI=1S/C7H10F2N2O2/c1-10-5(12)6(13)11-4-2-7(8,9)3-4/h4H,2-3H2,1H3,(H,10,12)(H,11,13). The molecule has 1 rings (SSSR count). The van der Waals surface area contributed by atoms with Crippen molar-refractivity contribution in [3.05, 3.63) is 0 Å². The fourth-order valence-electron chi connectivity index (χ4n) is 1.13. The average molecular weight is 192 g/mol. The van der Waals surface area contributed by atoms with Crippen LogP contribution in [0.4, 0.5) is 8.78 Å². The summed E-state index contributed by atoms with van der Waals surface area (Å²) in [6, 6.07) is -0.570. The van der Waals surface area contributed by atoms with Crippen molar-refractivity contribution in [3.8, 4) is 0 Å². The van der Waals surface area contributed by atoms with Gasteiger partial charge in [0.1, 0.15) is 0 Å². The number of hydrogen-bond acceptors (Lipinski definition) is 2. The highest BCUT2D eigenvalue weighted by Gasteiger charge is 2.46. The van der Waals surface area contributed by atoms with Crippen LogP contribution in [0.15, 0.2) is 0 Å². The topological polar surface area (TPSA) is 58.2 Å². The highest BCUT2D eigenvalue weighted by molar-refractivity contribution is 6.35. The first-order valence-corrected chi connectivity index (χ1v) is 3.85. The van der Waals surface area contributed by atoms with Gasteiger partial charge < -0.3 is 10.6 Å². The number of halogens is 2. The summed E-state index contributed by atoms with van der Waals surface area (Å²) in [5.41, 5.74) is 0. The largest absolute Gasteiger partial charge is 0.351 e. The predicted molar refractivity (Wildman–Crippen MR) is 40.2 cm³/mol. The van der Waals surface area contributed by atoms with Crippen molar-refractivity contribution in [2.75, 3.05) is 7.05 Å². The van der Waals surface area contributed by atoms with Crippen LogP contribution in [-0.2, 0) is 9.59 Å². The molecule has 0 aromatic rings. The summed E-state index contributed by atoms with van der Waals surface area (Å²) in [5.74, 6) is -4.35. The van der Waals surface area contributed by atoms with Crippen LogP contribution in [0.5, 0.6) is 0 Å². The Kier molecular flexibility index (Phi) is 2.49. The van der Waals surface area contributed by atoms with E-state index in [-0.39, 0.29) is 12.8 Å². The summed E-state index contributed by atoms with van der Waals surface area (Å²) < 4.78 is 24.5. The molecule has 0 aromatic carbocycles. The third-order valence-corrected chi connectivity index (χ3v) is 1.86. The van der Waals surface area contributed by atoms with Crippen molar-refractivity contribution >= 4 is 11.8 Å². The van der Waals surface area contributed by atoms with Gasteiger partial charge in [0.25, 0.3) is 5.92 Å². The van der Waals surface area contributed by atoms with Gasteiger partial charge in [0.05, 0.1) is 0 Å². The minimum atomic E-state index is -2.68. The SMILES string of the molecule is CNC(=O)C(=O)NC1CC(F)(F)C1. The lowest BCUT2D eigenvalue weighted by molar-refractivity contribution is -0.143. The first kappa shape index (κ1) is 9.88. The Morgan fingerprint density at radius 2 is 1.85 bits per heavy atom. The van der Waals surface area contributed by atoms with Gasteiger partial charge in [-0.15, -0.1) is 0 Å². The van der Waals surface area contributed by atoms with Crippen molar-refractivity contribution < 1.29 is 18.4 Å². The highest BCUT2D eigenvalue weighted by atomic mass is 19.3.